The van der Waals surface area contributed by atoms with Gasteiger partial charge in [0, 0.05) is 19.4 Å². The predicted molar refractivity (Wildman–Crippen MR) is 118 cm³/mol. The number of hydrogen-bond donors (Lipinski definition) is 2. The molecule has 2 N–H and O–H groups in total. The summed E-state index contributed by atoms with van der Waals surface area (Å²) in [5.74, 6) is 0.0362. The van der Waals surface area contributed by atoms with Crippen LogP contribution in [0.25, 0.3) is 0 Å². The number of anilines is 1. The number of amides is 2. The highest BCUT2D eigenvalue weighted by Crippen LogP contribution is 2.21. The summed E-state index contributed by atoms with van der Waals surface area (Å²) in [6.07, 6.45) is 0.0823. The molecule has 0 radical (unpaired) electrons. The zero-order valence-electron chi connectivity index (χ0n) is 14.9. The maximum Gasteiger partial charge on any atom is 0.277 e. The first kappa shape index (κ1) is 21.4. The molecule has 2 amide bonds. The molecule has 0 aromatic heterocycles. The third-order valence-corrected chi connectivity index (χ3v) is 4.62. The molecule has 142 valence electrons. The van der Waals surface area contributed by atoms with Crippen molar-refractivity contribution in [3.8, 4) is 5.75 Å². The largest absolute Gasteiger partial charge is 0.483 e. The van der Waals surface area contributed by atoms with Crippen molar-refractivity contribution in [1.82, 2.24) is 5.43 Å². The second kappa shape index (κ2) is 10.4. The van der Waals surface area contributed by atoms with Gasteiger partial charge in [0.15, 0.2) is 6.61 Å². The van der Waals surface area contributed by atoms with E-state index in [1.54, 1.807) is 13.0 Å². The molecule has 27 heavy (non-hydrogen) atoms. The summed E-state index contributed by atoms with van der Waals surface area (Å²) in [7, 11) is 0. The number of aryl methyl sites for hydroxylation is 1. The first-order chi connectivity index (χ1) is 12.8. The molecule has 8 heteroatoms. The van der Waals surface area contributed by atoms with Gasteiger partial charge in [0.05, 0.1) is 6.42 Å². The molecule has 6 nitrogen and oxygen atoms in total. The highest BCUT2D eigenvalue weighted by molar-refractivity contribution is 14.1. The van der Waals surface area contributed by atoms with Crippen LogP contribution in [0.5, 0.6) is 5.75 Å². The number of hydrogen-bond acceptors (Lipinski definition) is 4. The van der Waals surface area contributed by atoms with E-state index in [2.05, 4.69) is 54.4 Å². The maximum absolute atomic E-state index is 12.0. The molecular weight excluding hydrogens is 525 g/mol. The van der Waals surface area contributed by atoms with Gasteiger partial charge < -0.3 is 10.1 Å². The first-order valence-electron chi connectivity index (χ1n) is 8.10. The van der Waals surface area contributed by atoms with Crippen molar-refractivity contribution >= 4 is 61.7 Å². The van der Waals surface area contributed by atoms with Crippen molar-refractivity contribution in [3.63, 3.8) is 0 Å². The van der Waals surface area contributed by atoms with Crippen molar-refractivity contribution in [3.05, 3.63) is 56.1 Å². The molecule has 0 aliphatic carbocycles. The topological polar surface area (TPSA) is 79.8 Å². The van der Waals surface area contributed by atoms with Crippen molar-refractivity contribution in [1.29, 1.82) is 0 Å². The number of rotatable bonds is 7. The summed E-state index contributed by atoms with van der Waals surface area (Å²) in [5.41, 5.74) is 4.52. The lowest BCUT2D eigenvalue weighted by Gasteiger charge is -2.09. The van der Waals surface area contributed by atoms with Gasteiger partial charge in [-0.1, -0.05) is 15.9 Å². The third-order valence-electron chi connectivity index (χ3n) is 3.41. The number of carbonyl (C=O) groups is 2. The van der Waals surface area contributed by atoms with Crippen LogP contribution in [0.2, 0.25) is 0 Å². The SMILES string of the molecule is C/C(CC(=O)Nc1ccc(I)cc1)=N\NC(=O)COc1ccc(Br)cc1C. The average Bonchev–Trinajstić information content (AvgIpc) is 2.61. The van der Waals surface area contributed by atoms with Crippen LogP contribution in [0.15, 0.2) is 52.0 Å². The van der Waals surface area contributed by atoms with Gasteiger partial charge in [0.1, 0.15) is 5.75 Å². The number of carbonyl (C=O) groups excluding carboxylic acids is 2. The van der Waals surface area contributed by atoms with Gasteiger partial charge in [-0.2, -0.15) is 5.10 Å². The molecular formula is C19H19BrIN3O3. The summed E-state index contributed by atoms with van der Waals surface area (Å²) in [6.45, 7) is 3.41. The Morgan fingerprint density at radius 3 is 2.52 bits per heavy atom. The van der Waals surface area contributed by atoms with E-state index >= 15 is 0 Å². The monoisotopic (exact) mass is 543 g/mol. The smallest absolute Gasteiger partial charge is 0.277 e. The average molecular weight is 544 g/mol. The molecule has 0 bridgehead atoms. The van der Waals surface area contributed by atoms with Crippen LogP contribution >= 0.6 is 38.5 Å². The summed E-state index contributed by atoms with van der Waals surface area (Å²) < 4.78 is 7.51. The third kappa shape index (κ3) is 7.67. The van der Waals surface area contributed by atoms with Crippen LogP contribution < -0.4 is 15.5 Å². The van der Waals surface area contributed by atoms with Gasteiger partial charge in [-0.05, 0) is 84.5 Å². The highest BCUT2D eigenvalue weighted by atomic mass is 127. The molecule has 0 aliphatic heterocycles. The van der Waals surface area contributed by atoms with Crippen molar-refractivity contribution in [2.24, 2.45) is 5.10 Å². The van der Waals surface area contributed by atoms with Gasteiger partial charge in [-0.25, -0.2) is 5.43 Å². The second-order valence-corrected chi connectivity index (χ2v) is 7.97. The van der Waals surface area contributed by atoms with Crippen LogP contribution in [-0.2, 0) is 9.59 Å². The number of benzene rings is 2. The van der Waals surface area contributed by atoms with Crippen LogP contribution in [0, 0.1) is 10.5 Å². The highest BCUT2D eigenvalue weighted by Gasteiger charge is 2.07. The fourth-order valence-corrected chi connectivity index (χ4v) is 2.95. The van der Waals surface area contributed by atoms with Gasteiger partial charge in [0.2, 0.25) is 5.91 Å². The lowest BCUT2D eigenvalue weighted by atomic mass is 10.2. The molecule has 0 saturated heterocycles. The molecule has 2 rings (SSSR count). The molecule has 0 heterocycles. The first-order valence-corrected chi connectivity index (χ1v) is 9.97. The number of nitrogens with one attached hydrogen (secondary N) is 2. The summed E-state index contributed by atoms with van der Waals surface area (Å²) >= 11 is 5.57. The number of halogens is 2. The second-order valence-electron chi connectivity index (χ2n) is 5.81. The fourth-order valence-electron chi connectivity index (χ4n) is 2.12. The van der Waals surface area contributed by atoms with E-state index in [1.807, 2.05) is 43.3 Å². The zero-order chi connectivity index (χ0) is 19.8. The molecule has 0 fully saturated rings. The Balaban J connectivity index is 1.77. The Bertz CT molecular complexity index is 854. The molecule has 0 aliphatic rings. The Hall–Kier alpha value is -1.94. The van der Waals surface area contributed by atoms with Crippen molar-refractivity contribution in [2.75, 3.05) is 11.9 Å². The van der Waals surface area contributed by atoms with E-state index in [0.29, 0.717) is 11.5 Å². The Morgan fingerprint density at radius 1 is 1.15 bits per heavy atom. The Morgan fingerprint density at radius 2 is 1.85 bits per heavy atom. The quantitative estimate of drug-likeness (QED) is 0.311. The van der Waals surface area contributed by atoms with Crippen LogP contribution in [-0.4, -0.2) is 24.1 Å². The van der Waals surface area contributed by atoms with Crippen LogP contribution in [0.3, 0.4) is 0 Å². The van der Waals surface area contributed by atoms with Gasteiger partial charge in [-0.15, -0.1) is 0 Å². The maximum atomic E-state index is 12.0. The van der Waals surface area contributed by atoms with E-state index in [4.69, 9.17) is 4.74 Å². The van der Waals surface area contributed by atoms with Crippen LogP contribution in [0.4, 0.5) is 5.69 Å². The minimum absolute atomic E-state index is 0.0823. The van der Waals surface area contributed by atoms with E-state index in [-0.39, 0.29) is 18.9 Å². The van der Waals surface area contributed by atoms with Crippen molar-refractivity contribution < 1.29 is 14.3 Å². The lowest BCUT2D eigenvalue weighted by Crippen LogP contribution is -2.26. The number of hydrazone groups is 1. The fraction of sp³-hybridized carbons (Fsp3) is 0.211. The lowest BCUT2D eigenvalue weighted by molar-refractivity contribution is -0.123. The Kier molecular flexibility index (Phi) is 8.23. The molecule has 0 unspecified atom stereocenters. The molecule has 2 aromatic rings. The molecule has 0 spiro atoms. The minimum Gasteiger partial charge on any atom is -0.483 e. The summed E-state index contributed by atoms with van der Waals surface area (Å²) in [6, 6.07) is 13.0. The predicted octanol–water partition coefficient (Wildman–Crippen LogP) is 4.26. The van der Waals surface area contributed by atoms with E-state index in [0.717, 1.165) is 19.3 Å². The van der Waals surface area contributed by atoms with E-state index in [1.165, 1.54) is 0 Å². The molecule has 0 atom stereocenters. The zero-order valence-corrected chi connectivity index (χ0v) is 18.6. The summed E-state index contributed by atoms with van der Waals surface area (Å²) in [4.78, 5) is 23.8. The molecule has 2 aromatic carbocycles. The van der Waals surface area contributed by atoms with Crippen molar-refractivity contribution in [2.45, 2.75) is 20.3 Å². The Labute approximate surface area is 180 Å². The standard InChI is InChI=1S/C19H19BrIN3O3/c1-12-9-14(20)3-8-17(12)27-11-19(26)24-23-13(2)10-18(25)22-16-6-4-15(21)5-7-16/h3-9H,10-11H2,1-2H3,(H,22,25)(H,24,26)/b23-13+. The van der Waals surface area contributed by atoms with Gasteiger partial charge in [0.25, 0.3) is 5.91 Å². The van der Waals surface area contributed by atoms with Gasteiger partial charge in [-0.3, -0.25) is 9.59 Å². The molecule has 0 saturated carbocycles. The van der Waals surface area contributed by atoms with E-state index in [9.17, 15) is 9.59 Å². The number of ether oxygens (including phenoxy) is 1. The summed E-state index contributed by atoms with van der Waals surface area (Å²) in [5, 5.41) is 6.72. The van der Waals surface area contributed by atoms with Gasteiger partial charge >= 0.3 is 0 Å². The van der Waals surface area contributed by atoms with Crippen LogP contribution in [0.1, 0.15) is 18.9 Å². The minimum atomic E-state index is -0.394. The number of nitrogens with zero attached hydrogens (tertiary/aromatic N) is 1. The van der Waals surface area contributed by atoms with E-state index < -0.39 is 5.91 Å². The normalized spacial score (nSPS) is 11.0.